The number of thiophene rings is 1. The highest BCUT2D eigenvalue weighted by atomic mass is 32.1. The van der Waals surface area contributed by atoms with Crippen LogP contribution >= 0.6 is 11.3 Å². The summed E-state index contributed by atoms with van der Waals surface area (Å²) in [6, 6.07) is 59.2. The molecule has 7 aromatic carbocycles. The third kappa shape index (κ3) is 4.22. The van der Waals surface area contributed by atoms with Gasteiger partial charge >= 0.3 is 0 Å². The van der Waals surface area contributed by atoms with Gasteiger partial charge in [0.05, 0.1) is 21.3 Å². The Bertz CT molecular complexity index is 2750. The predicted molar refractivity (Wildman–Crippen MR) is 205 cm³/mol. The smallest absolute Gasteiger partial charge is 0.0902 e. The van der Waals surface area contributed by atoms with E-state index in [0.29, 0.717) is 0 Å². The van der Waals surface area contributed by atoms with Crippen LogP contribution in [0.5, 0.6) is 0 Å². The van der Waals surface area contributed by atoms with Crippen LogP contribution in [0.25, 0.3) is 91.9 Å². The van der Waals surface area contributed by atoms with Gasteiger partial charge < -0.3 is 4.57 Å². The molecule has 0 radical (unpaired) electrons. The van der Waals surface area contributed by atoms with Crippen molar-refractivity contribution in [1.29, 1.82) is 0 Å². The van der Waals surface area contributed by atoms with Crippen molar-refractivity contribution in [1.82, 2.24) is 9.55 Å². The van der Waals surface area contributed by atoms with Crippen molar-refractivity contribution in [3.63, 3.8) is 0 Å². The number of benzene rings is 7. The lowest BCUT2D eigenvalue weighted by Crippen LogP contribution is -1.97. The standard InChI is InChI=1S/C45H28N2S/c1-4-12-29(13-5-1)32-20-23-41-39(27-32)40-28-46-43-38(22-21-37-36-18-10-11-19-42(36)48-45(37)43)44(40)47(41)35-25-33(30-14-6-2-7-15-30)24-34(26-35)31-16-8-3-9-17-31/h1-28H. The monoisotopic (exact) mass is 628 g/mol. The Balaban J connectivity index is 1.34. The molecule has 0 N–H and O–H groups in total. The Labute approximate surface area is 281 Å². The number of hydrogen-bond acceptors (Lipinski definition) is 2. The second kappa shape index (κ2) is 10.8. The molecular weight excluding hydrogens is 601 g/mol. The molecule has 10 rings (SSSR count). The fourth-order valence-corrected chi connectivity index (χ4v) is 8.55. The Kier molecular flexibility index (Phi) is 6.08. The number of rotatable bonds is 4. The van der Waals surface area contributed by atoms with Crippen LogP contribution in [0.4, 0.5) is 0 Å². The van der Waals surface area contributed by atoms with E-state index in [4.69, 9.17) is 4.98 Å². The molecular formula is C45H28N2S. The van der Waals surface area contributed by atoms with E-state index in [2.05, 4.69) is 175 Å². The molecule has 3 heterocycles. The minimum Gasteiger partial charge on any atom is -0.308 e. The van der Waals surface area contributed by atoms with Gasteiger partial charge in [-0.05, 0) is 75.8 Å². The molecule has 0 amide bonds. The minimum absolute atomic E-state index is 1.05. The van der Waals surface area contributed by atoms with Crippen LogP contribution in [-0.2, 0) is 0 Å². The second-order valence-corrected chi connectivity index (χ2v) is 13.4. The molecule has 0 saturated carbocycles. The quantitative estimate of drug-likeness (QED) is 0.190. The zero-order valence-corrected chi connectivity index (χ0v) is 26.8. The number of fused-ring (bicyclic) bond motifs is 9. The summed E-state index contributed by atoms with van der Waals surface area (Å²) in [7, 11) is 0. The number of pyridine rings is 1. The molecule has 0 aliphatic rings. The lowest BCUT2D eigenvalue weighted by atomic mass is 9.98. The number of nitrogens with zero attached hydrogens (tertiary/aromatic N) is 2. The first kappa shape index (κ1) is 27.1. The van der Waals surface area contributed by atoms with Gasteiger partial charge in [0.15, 0.2) is 0 Å². The SMILES string of the molecule is c1ccc(-c2cc(-c3ccccc3)cc(-n3c4ccc(-c5ccccc5)cc4c4cnc5c(ccc6c7ccccc7sc65)c43)c2)cc1. The summed E-state index contributed by atoms with van der Waals surface area (Å²) >= 11 is 1.84. The summed E-state index contributed by atoms with van der Waals surface area (Å²) in [6.45, 7) is 0. The van der Waals surface area contributed by atoms with E-state index >= 15 is 0 Å². The fraction of sp³-hybridized carbons (Fsp3) is 0. The summed E-state index contributed by atoms with van der Waals surface area (Å²) in [5.74, 6) is 0. The van der Waals surface area contributed by atoms with Gasteiger partial charge in [-0.25, -0.2) is 0 Å². The van der Waals surface area contributed by atoms with Crippen molar-refractivity contribution in [2.75, 3.05) is 0 Å². The summed E-state index contributed by atoms with van der Waals surface area (Å²) < 4.78 is 5.00. The molecule has 0 atom stereocenters. The zero-order valence-electron chi connectivity index (χ0n) is 26.0. The molecule has 0 unspecified atom stereocenters. The maximum Gasteiger partial charge on any atom is 0.0902 e. The van der Waals surface area contributed by atoms with Gasteiger partial charge in [0.2, 0.25) is 0 Å². The molecule has 2 nitrogen and oxygen atoms in total. The summed E-state index contributed by atoms with van der Waals surface area (Å²) in [5, 5.41) is 6.07. The highest BCUT2D eigenvalue weighted by molar-refractivity contribution is 7.26. The van der Waals surface area contributed by atoms with Gasteiger partial charge in [-0.15, -0.1) is 11.3 Å². The van der Waals surface area contributed by atoms with E-state index in [1.54, 1.807) is 0 Å². The van der Waals surface area contributed by atoms with Gasteiger partial charge in [0.1, 0.15) is 0 Å². The molecule has 0 fully saturated rings. The number of aromatic nitrogens is 2. The first-order valence-electron chi connectivity index (χ1n) is 16.3. The van der Waals surface area contributed by atoms with Crippen molar-refractivity contribution in [3.05, 3.63) is 170 Å². The highest BCUT2D eigenvalue weighted by Crippen LogP contribution is 2.43. The summed E-state index contributed by atoms with van der Waals surface area (Å²) in [4.78, 5) is 5.22. The lowest BCUT2D eigenvalue weighted by Gasteiger charge is -2.15. The van der Waals surface area contributed by atoms with Crippen molar-refractivity contribution in [2.45, 2.75) is 0 Å². The molecule has 0 aliphatic carbocycles. The van der Waals surface area contributed by atoms with Gasteiger partial charge in [-0.3, -0.25) is 4.98 Å². The average molecular weight is 629 g/mol. The maximum absolute atomic E-state index is 5.22. The van der Waals surface area contributed by atoms with Crippen LogP contribution in [0, 0.1) is 0 Å². The van der Waals surface area contributed by atoms with Gasteiger partial charge in [-0.1, -0.05) is 121 Å². The van der Waals surface area contributed by atoms with E-state index in [9.17, 15) is 0 Å². The maximum atomic E-state index is 5.22. The van der Waals surface area contributed by atoms with E-state index in [1.807, 2.05) is 11.3 Å². The van der Waals surface area contributed by atoms with Crippen LogP contribution in [0.2, 0.25) is 0 Å². The van der Waals surface area contributed by atoms with Crippen LogP contribution in [0.3, 0.4) is 0 Å². The second-order valence-electron chi connectivity index (χ2n) is 12.4. The Morgan fingerprint density at radius 3 is 1.71 bits per heavy atom. The molecule has 10 aromatic rings. The van der Waals surface area contributed by atoms with Crippen molar-refractivity contribution in [2.24, 2.45) is 0 Å². The highest BCUT2D eigenvalue weighted by Gasteiger charge is 2.20. The predicted octanol–water partition coefficient (Wildman–Crippen LogP) is 12.7. The summed E-state index contributed by atoms with van der Waals surface area (Å²) in [6.07, 6.45) is 2.11. The fourth-order valence-electron chi connectivity index (χ4n) is 7.35. The Morgan fingerprint density at radius 2 is 1.02 bits per heavy atom. The van der Waals surface area contributed by atoms with E-state index < -0.39 is 0 Å². The molecule has 0 spiro atoms. The van der Waals surface area contributed by atoms with Crippen LogP contribution in [0.15, 0.2) is 170 Å². The van der Waals surface area contributed by atoms with Gasteiger partial charge in [0, 0.05) is 43.5 Å². The largest absolute Gasteiger partial charge is 0.308 e. The zero-order chi connectivity index (χ0) is 31.6. The number of hydrogen-bond donors (Lipinski definition) is 0. The van der Waals surface area contributed by atoms with E-state index in [0.717, 1.165) is 22.0 Å². The van der Waals surface area contributed by atoms with Gasteiger partial charge in [-0.2, -0.15) is 0 Å². The normalized spacial score (nSPS) is 11.8. The van der Waals surface area contributed by atoms with Crippen molar-refractivity contribution < 1.29 is 0 Å². The van der Waals surface area contributed by atoms with Crippen molar-refractivity contribution in [3.8, 4) is 39.1 Å². The Morgan fingerprint density at radius 1 is 0.417 bits per heavy atom. The molecule has 3 heteroatoms. The molecule has 0 saturated heterocycles. The third-order valence-electron chi connectivity index (χ3n) is 9.60. The first-order valence-corrected chi connectivity index (χ1v) is 17.1. The van der Waals surface area contributed by atoms with Crippen LogP contribution < -0.4 is 0 Å². The molecule has 48 heavy (non-hydrogen) atoms. The molecule has 0 aliphatic heterocycles. The van der Waals surface area contributed by atoms with E-state index in [1.165, 1.54) is 70.0 Å². The van der Waals surface area contributed by atoms with Crippen LogP contribution in [0.1, 0.15) is 0 Å². The minimum atomic E-state index is 1.05. The third-order valence-corrected chi connectivity index (χ3v) is 10.8. The first-order chi connectivity index (χ1) is 23.8. The van der Waals surface area contributed by atoms with Crippen LogP contribution in [-0.4, -0.2) is 9.55 Å². The topological polar surface area (TPSA) is 17.8 Å². The molecule has 224 valence electrons. The molecule has 3 aromatic heterocycles. The van der Waals surface area contributed by atoms with Gasteiger partial charge in [0.25, 0.3) is 0 Å². The lowest BCUT2D eigenvalue weighted by molar-refractivity contribution is 1.19. The average Bonchev–Trinajstić information content (AvgIpc) is 3.72. The Hall–Kier alpha value is -6.03. The molecule has 0 bridgehead atoms. The summed E-state index contributed by atoms with van der Waals surface area (Å²) in [5.41, 5.74) is 11.7. The van der Waals surface area contributed by atoms with Crippen molar-refractivity contribution >= 4 is 64.2 Å². The van der Waals surface area contributed by atoms with E-state index in [-0.39, 0.29) is 0 Å².